The number of nitrogens with zero attached hydrogens (tertiary/aromatic N) is 2. The van der Waals surface area contributed by atoms with Gasteiger partial charge in [-0.15, -0.1) is 0 Å². The van der Waals surface area contributed by atoms with Gasteiger partial charge in [0.05, 0.1) is 12.3 Å². The molecule has 0 unspecified atom stereocenters. The summed E-state index contributed by atoms with van der Waals surface area (Å²) in [6.45, 7) is -0.136. The van der Waals surface area contributed by atoms with Crippen LogP contribution in [0.1, 0.15) is 10.4 Å². The first-order valence-electron chi connectivity index (χ1n) is 8.24. The molecule has 0 fully saturated rings. The van der Waals surface area contributed by atoms with Gasteiger partial charge in [0.2, 0.25) is 0 Å². The Labute approximate surface area is 150 Å². The molecule has 3 aromatic rings. The summed E-state index contributed by atoms with van der Waals surface area (Å²) in [5.41, 5.74) is 2.09. The number of benzene rings is 2. The minimum atomic E-state index is -0.530. The smallest absolute Gasteiger partial charge is 0.280 e. The van der Waals surface area contributed by atoms with Crippen LogP contribution in [0.4, 0.5) is 0 Å². The Bertz CT molecular complexity index is 967. The van der Waals surface area contributed by atoms with Gasteiger partial charge in [0.15, 0.2) is 0 Å². The number of carbonyl (C=O) groups is 1. The Morgan fingerprint density at radius 2 is 1.62 bits per heavy atom. The molecule has 3 rings (SSSR count). The van der Waals surface area contributed by atoms with Crippen LogP contribution in [0.25, 0.3) is 22.4 Å². The molecule has 6 heteroatoms. The number of hydrogen-bond acceptors (Lipinski definition) is 4. The first kappa shape index (κ1) is 17.6. The fraction of sp³-hybridized carbons (Fsp3) is 0.150. The maximum Gasteiger partial charge on any atom is 0.280 e. The Balaban J connectivity index is 2.34. The zero-order valence-corrected chi connectivity index (χ0v) is 14.3. The Hall–Kier alpha value is -3.25. The molecular formula is C20H19N3O3. The van der Waals surface area contributed by atoms with Gasteiger partial charge in [-0.1, -0.05) is 60.7 Å². The first-order chi connectivity index (χ1) is 12.6. The second kappa shape index (κ2) is 7.76. The van der Waals surface area contributed by atoms with Gasteiger partial charge in [-0.3, -0.25) is 9.59 Å². The van der Waals surface area contributed by atoms with Crippen molar-refractivity contribution in [3.8, 4) is 22.4 Å². The number of aliphatic hydroxyl groups is 1. The zero-order chi connectivity index (χ0) is 18.5. The number of aromatic nitrogens is 2. The summed E-state index contributed by atoms with van der Waals surface area (Å²) in [6.07, 6.45) is 0. The van der Waals surface area contributed by atoms with Crippen LogP contribution in [0.3, 0.4) is 0 Å². The highest BCUT2D eigenvalue weighted by Crippen LogP contribution is 2.31. The van der Waals surface area contributed by atoms with Gasteiger partial charge in [0, 0.05) is 24.7 Å². The largest absolute Gasteiger partial charge is 0.395 e. The van der Waals surface area contributed by atoms with Crippen LogP contribution < -0.4 is 10.9 Å². The van der Waals surface area contributed by atoms with Crippen LogP contribution in [0.2, 0.25) is 0 Å². The zero-order valence-electron chi connectivity index (χ0n) is 14.3. The van der Waals surface area contributed by atoms with Gasteiger partial charge < -0.3 is 10.4 Å². The van der Waals surface area contributed by atoms with Crippen LogP contribution in [-0.4, -0.2) is 33.9 Å². The van der Waals surface area contributed by atoms with E-state index in [1.54, 1.807) is 0 Å². The van der Waals surface area contributed by atoms with E-state index in [-0.39, 0.29) is 18.7 Å². The predicted octanol–water partition coefficient (Wildman–Crippen LogP) is 1.84. The summed E-state index contributed by atoms with van der Waals surface area (Å²) in [5, 5.41) is 16.0. The Morgan fingerprint density at radius 3 is 2.19 bits per heavy atom. The lowest BCUT2D eigenvalue weighted by Gasteiger charge is -2.15. The molecule has 0 aliphatic heterocycles. The average molecular weight is 349 g/mol. The minimum Gasteiger partial charge on any atom is -0.395 e. The van der Waals surface area contributed by atoms with E-state index in [4.69, 9.17) is 5.11 Å². The molecule has 2 aromatic carbocycles. The number of nitrogens with one attached hydrogen (secondary N) is 1. The molecule has 1 amide bonds. The van der Waals surface area contributed by atoms with Crippen molar-refractivity contribution in [2.45, 2.75) is 0 Å². The van der Waals surface area contributed by atoms with Crippen LogP contribution in [-0.2, 0) is 7.05 Å². The van der Waals surface area contributed by atoms with Crippen molar-refractivity contribution in [1.82, 2.24) is 15.1 Å². The van der Waals surface area contributed by atoms with Crippen molar-refractivity contribution < 1.29 is 9.90 Å². The number of amides is 1. The first-order valence-corrected chi connectivity index (χ1v) is 8.24. The molecule has 132 valence electrons. The summed E-state index contributed by atoms with van der Waals surface area (Å²) in [5.74, 6) is -0.530. The highest BCUT2D eigenvalue weighted by molar-refractivity contribution is 6.03. The predicted molar refractivity (Wildman–Crippen MR) is 99.8 cm³/mol. The third kappa shape index (κ3) is 3.41. The SMILES string of the molecule is Cn1nc(-c2ccccc2)c(-c2ccccc2)c(C(=O)NCCO)c1=O. The number of aryl methyl sites for hydroxylation is 1. The summed E-state index contributed by atoms with van der Waals surface area (Å²) < 4.78 is 1.17. The van der Waals surface area contributed by atoms with Crippen LogP contribution >= 0.6 is 0 Å². The topological polar surface area (TPSA) is 84.2 Å². The van der Waals surface area contributed by atoms with Gasteiger partial charge in [0.25, 0.3) is 11.5 Å². The van der Waals surface area contributed by atoms with Crippen molar-refractivity contribution >= 4 is 5.91 Å². The fourth-order valence-electron chi connectivity index (χ4n) is 2.78. The summed E-state index contributed by atoms with van der Waals surface area (Å²) in [6, 6.07) is 18.6. The van der Waals surface area contributed by atoms with E-state index in [0.29, 0.717) is 11.3 Å². The fourth-order valence-corrected chi connectivity index (χ4v) is 2.78. The molecule has 0 aliphatic rings. The lowest BCUT2D eigenvalue weighted by Crippen LogP contribution is -2.35. The molecule has 0 saturated carbocycles. The Kier molecular flexibility index (Phi) is 5.24. The monoisotopic (exact) mass is 349 g/mol. The number of carbonyl (C=O) groups excluding carboxylic acids is 1. The van der Waals surface area contributed by atoms with Gasteiger partial charge in [-0.2, -0.15) is 5.10 Å². The Morgan fingerprint density at radius 1 is 1.04 bits per heavy atom. The van der Waals surface area contributed by atoms with E-state index in [0.717, 1.165) is 11.1 Å². The molecule has 1 aromatic heterocycles. The van der Waals surface area contributed by atoms with Crippen molar-refractivity contribution in [2.24, 2.45) is 7.05 Å². The molecule has 0 atom stereocenters. The van der Waals surface area contributed by atoms with E-state index in [9.17, 15) is 9.59 Å². The molecule has 0 aliphatic carbocycles. The molecule has 26 heavy (non-hydrogen) atoms. The van der Waals surface area contributed by atoms with E-state index < -0.39 is 11.5 Å². The quantitative estimate of drug-likeness (QED) is 0.736. The van der Waals surface area contributed by atoms with E-state index in [1.807, 2.05) is 60.7 Å². The number of rotatable bonds is 5. The van der Waals surface area contributed by atoms with E-state index in [1.165, 1.54) is 11.7 Å². The third-order valence-corrected chi connectivity index (χ3v) is 3.98. The standard InChI is InChI=1S/C20H19N3O3/c1-23-20(26)17(19(25)21-12-13-24)16(14-8-4-2-5-9-14)18(22-23)15-10-6-3-7-11-15/h2-11,24H,12-13H2,1H3,(H,21,25). The van der Waals surface area contributed by atoms with Crippen LogP contribution in [0.15, 0.2) is 65.5 Å². The second-order valence-corrected chi connectivity index (χ2v) is 5.74. The van der Waals surface area contributed by atoms with Crippen molar-refractivity contribution in [1.29, 1.82) is 0 Å². The molecule has 1 heterocycles. The second-order valence-electron chi connectivity index (χ2n) is 5.74. The van der Waals surface area contributed by atoms with E-state index in [2.05, 4.69) is 10.4 Å². The van der Waals surface area contributed by atoms with E-state index >= 15 is 0 Å². The maximum absolute atomic E-state index is 12.7. The average Bonchev–Trinajstić information content (AvgIpc) is 2.69. The molecule has 0 spiro atoms. The molecule has 2 N–H and O–H groups in total. The molecule has 6 nitrogen and oxygen atoms in total. The highest BCUT2D eigenvalue weighted by atomic mass is 16.3. The molecule has 0 saturated heterocycles. The number of hydrogen-bond donors (Lipinski definition) is 2. The molecule has 0 bridgehead atoms. The van der Waals surface area contributed by atoms with Gasteiger partial charge in [-0.25, -0.2) is 4.68 Å². The van der Waals surface area contributed by atoms with Crippen molar-refractivity contribution in [3.63, 3.8) is 0 Å². The van der Waals surface area contributed by atoms with Gasteiger partial charge >= 0.3 is 0 Å². The molecule has 0 radical (unpaired) electrons. The summed E-state index contributed by atoms with van der Waals surface area (Å²) in [7, 11) is 1.52. The minimum absolute atomic E-state index is 0.0148. The summed E-state index contributed by atoms with van der Waals surface area (Å²) >= 11 is 0. The van der Waals surface area contributed by atoms with Gasteiger partial charge in [-0.05, 0) is 5.56 Å². The summed E-state index contributed by atoms with van der Waals surface area (Å²) in [4.78, 5) is 25.4. The van der Waals surface area contributed by atoms with Crippen molar-refractivity contribution in [3.05, 3.63) is 76.6 Å². The van der Waals surface area contributed by atoms with Crippen LogP contribution in [0, 0.1) is 0 Å². The van der Waals surface area contributed by atoms with Crippen molar-refractivity contribution in [2.75, 3.05) is 13.2 Å². The van der Waals surface area contributed by atoms with Gasteiger partial charge in [0.1, 0.15) is 5.56 Å². The third-order valence-electron chi connectivity index (χ3n) is 3.98. The normalized spacial score (nSPS) is 10.5. The molecular weight excluding hydrogens is 330 g/mol. The maximum atomic E-state index is 12.7. The highest BCUT2D eigenvalue weighted by Gasteiger charge is 2.23. The lowest BCUT2D eigenvalue weighted by molar-refractivity contribution is 0.0943. The number of aliphatic hydroxyl groups excluding tert-OH is 1. The van der Waals surface area contributed by atoms with Crippen LogP contribution in [0.5, 0.6) is 0 Å². The lowest BCUT2D eigenvalue weighted by atomic mass is 9.95.